The molecule has 0 N–H and O–H groups in total. The van der Waals surface area contributed by atoms with Crippen molar-refractivity contribution in [3.05, 3.63) is 65.6 Å². The predicted octanol–water partition coefficient (Wildman–Crippen LogP) is 4.51. The SMILES string of the molecule is COc1ncc(C(=O)N2CC(F)C2)c2c1c1ncc(-c3c(C)nnn3C)cc1n2[C@H](c1ccccc1)C1CCOCC1. The van der Waals surface area contributed by atoms with Crippen molar-refractivity contribution in [1.82, 2.24) is 34.4 Å². The van der Waals surface area contributed by atoms with Crippen LogP contribution in [0.2, 0.25) is 0 Å². The molecular weight excluding hydrogens is 537 g/mol. The van der Waals surface area contributed by atoms with Crippen LogP contribution in [0.25, 0.3) is 33.2 Å². The van der Waals surface area contributed by atoms with Crippen LogP contribution in [0, 0.1) is 12.8 Å². The average Bonchev–Trinajstić information content (AvgIpc) is 3.52. The molecule has 1 aromatic carbocycles. The zero-order valence-corrected chi connectivity index (χ0v) is 23.8. The van der Waals surface area contributed by atoms with Gasteiger partial charge in [0.15, 0.2) is 0 Å². The van der Waals surface area contributed by atoms with E-state index < -0.39 is 6.17 Å². The topological polar surface area (TPSA) is 100 Å². The maximum absolute atomic E-state index is 13.9. The number of nitrogens with zero attached hydrogens (tertiary/aromatic N) is 7. The van der Waals surface area contributed by atoms with Gasteiger partial charge in [0.25, 0.3) is 5.91 Å². The van der Waals surface area contributed by atoms with Gasteiger partial charge < -0.3 is 18.9 Å². The number of ether oxygens (including phenoxy) is 2. The van der Waals surface area contributed by atoms with E-state index in [1.165, 1.54) is 4.90 Å². The van der Waals surface area contributed by atoms with Crippen molar-refractivity contribution in [2.75, 3.05) is 33.4 Å². The number of methoxy groups -OCH3 is 1. The Morgan fingerprint density at radius 3 is 2.55 bits per heavy atom. The van der Waals surface area contributed by atoms with Gasteiger partial charge in [0.2, 0.25) is 5.88 Å². The van der Waals surface area contributed by atoms with Gasteiger partial charge in [-0.15, -0.1) is 5.10 Å². The number of hydrogen-bond acceptors (Lipinski definition) is 7. The lowest BCUT2D eigenvalue weighted by atomic mass is 9.86. The third-order valence-corrected chi connectivity index (χ3v) is 8.57. The number of benzene rings is 1. The lowest BCUT2D eigenvalue weighted by Crippen LogP contribution is -2.51. The van der Waals surface area contributed by atoms with E-state index in [1.807, 2.05) is 32.2 Å². The van der Waals surface area contributed by atoms with Crippen LogP contribution in [0.5, 0.6) is 5.88 Å². The monoisotopic (exact) mass is 569 g/mol. The number of rotatable bonds is 6. The highest BCUT2D eigenvalue weighted by Crippen LogP contribution is 2.44. The Kier molecular flexibility index (Phi) is 6.61. The minimum atomic E-state index is -1.01. The van der Waals surface area contributed by atoms with Gasteiger partial charge in [-0.25, -0.2) is 14.1 Å². The quantitative estimate of drug-likeness (QED) is 0.297. The molecule has 4 aromatic heterocycles. The van der Waals surface area contributed by atoms with Crippen molar-refractivity contribution in [3.8, 4) is 17.1 Å². The number of hydrogen-bond donors (Lipinski definition) is 0. The number of aryl methyl sites for hydroxylation is 2. The van der Waals surface area contributed by atoms with Gasteiger partial charge >= 0.3 is 0 Å². The van der Waals surface area contributed by atoms with Gasteiger partial charge in [0, 0.05) is 38.2 Å². The summed E-state index contributed by atoms with van der Waals surface area (Å²) in [5.41, 5.74) is 6.25. The number of carbonyl (C=O) groups excluding carboxylic acids is 1. The second-order valence-electron chi connectivity index (χ2n) is 11.1. The number of aromatic nitrogens is 6. The van der Waals surface area contributed by atoms with Crippen molar-refractivity contribution in [2.45, 2.75) is 32.0 Å². The summed E-state index contributed by atoms with van der Waals surface area (Å²) in [6, 6.07) is 12.3. The molecular formula is C31H32FN7O3. The molecule has 1 atom stereocenters. The summed E-state index contributed by atoms with van der Waals surface area (Å²) >= 11 is 0. The molecule has 1 amide bonds. The summed E-state index contributed by atoms with van der Waals surface area (Å²) in [5.74, 6) is 0.360. The molecule has 10 nitrogen and oxygen atoms in total. The number of pyridine rings is 2. The highest BCUT2D eigenvalue weighted by atomic mass is 19.1. The molecule has 0 saturated carbocycles. The van der Waals surface area contributed by atoms with E-state index in [0.29, 0.717) is 41.1 Å². The molecule has 0 aliphatic carbocycles. The Morgan fingerprint density at radius 1 is 1.12 bits per heavy atom. The number of halogens is 1. The van der Waals surface area contributed by atoms with E-state index in [9.17, 15) is 9.18 Å². The van der Waals surface area contributed by atoms with Crippen LogP contribution >= 0.6 is 0 Å². The number of amides is 1. The van der Waals surface area contributed by atoms with Gasteiger partial charge in [0.1, 0.15) is 11.7 Å². The molecule has 0 unspecified atom stereocenters. The zero-order chi connectivity index (χ0) is 29.0. The van der Waals surface area contributed by atoms with E-state index in [4.69, 9.17) is 14.5 Å². The molecule has 42 heavy (non-hydrogen) atoms. The van der Waals surface area contributed by atoms with Crippen LogP contribution in [0.15, 0.2) is 48.8 Å². The first-order chi connectivity index (χ1) is 20.5. The summed E-state index contributed by atoms with van der Waals surface area (Å²) in [7, 11) is 3.43. The summed E-state index contributed by atoms with van der Waals surface area (Å²) in [6.45, 7) is 3.40. The normalized spacial score (nSPS) is 17.1. The van der Waals surface area contributed by atoms with Gasteiger partial charge in [0.05, 0.1) is 59.6 Å². The number of alkyl halides is 1. The molecule has 0 bridgehead atoms. The first-order valence-corrected chi connectivity index (χ1v) is 14.3. The van der Waals surface area contributed by atoms with Crippen LogP contribution in [0.4, 0.5) is 4.39 Å². The Morgan fingerprint density at radius 2 is 1.88 bits per heavy atom. The Labute approximate surface area is 242 Å². The molecule has 216 valence electrons. The number of likely N-dealkylation sites (tertiary alicyclic amines) is 1. The van der Waals surface area contributed by atoms with Gasteiger partial charge in [-0.2, -0.15) is 0 Å². The summed E-state index contributed by atoms with van der Waals surface area (Å²) < 4.78 is 29.4. The zero-order valence-electron chi connectivity index (χ0n) is 23.8. The van der Waals surface area contributed by atoms with Crippen LogP contribution in [0.3, 0.4) is 0 Å². The standard InChI is InChI=1S/C31H32FN7O3/c1-18-27(37(2)36-35-18)21-13-24-26(33-14-21)25-29(23(15-34-30(25)41-3)31(40)38-16-22(32)17-38)39(24)28(19-7-5-4-6-8-19)20-9-11-42-12-10-20/h4-8,13-15,20,22,28H,9-12,16-17H2,1-3H3/t28-/m1/s1. The van der Waals surface area contributed by atoms with E-state index in [1.54, 1.807) is 24.2 Å². The third kappa shape index (κ3) is 4.22. The Bertz CT molecular complexity index is 1770. The summed E-state index contributed by atoms with van der Waals surface area (Å²) in [4.78, 5) is 25.0. The van der Waals surface area contributed by atoms with Crippen molar-refractivity contribution in [2.24, 2.45) is 13.0 Å². The summed E-state index contributed by atoms with van der Waals surface area (Å²) in [5, 5.41) is 9.12. The number of fused-ring (bicyclic) bond motifs is 3. The molecule has 0 spiro atoms. The van der Waals surface area contributed by atoms with Crippen molar-refractivity contribution in [1.29, 1.82) is 0 Å². The molecule has 11 heteroatoms. The molecule has 2 aliphatic heterocycles. The predicted molar refractivity (Wildman–Crippen MR) is 155 cm³/mol. The molecule has 6 heterocycles. The van der Waals surface area contributed by atoms with Crippen LogP contribution < -0.4 is 4.74 Å². The fourth-order valence-electron chi connectivity index (χ4n) is 6.56. The van der Waals surface area contributed by atoms with Gasteiger partial charge in [-0.05, 0) is 37.3 Å². The smallest absolute Gasteiger partial charge is 0.257 e. The second kappa shape index (κ2) is 10.5. The lowest BCUT2D eigenvalue weighted by molar-refractivity contribution is 0.0400. The minimum Gasteiger partial charge on any atom is -0.480 e. The van der Waals surface area contributed by atoms with Crippen molar-refractivity contribution >= 4 is 27.8 Å². The Hall–Kier alpha value is -4.38. The van der Waals surface area contributed by atoms with Gasteiger partial charge in [-0.3, -0.25) is 9.78 Å². The highest BCUT2D eigenvalue weighted by molar-refractivity contribution is 6.16. The van der Waals surface area contributed by atoms with E-state index in [-0.39, 0.29) is 31.0 Å². The van der Waals surface area contributed by atoms with Crippen LogP contribution in [0.1, 0.15) is 40.5 Å². The molecule has 0 radical (unpaired) electrons. The first kappa shape index (κ1) is 26.5. The van der Waals surface area contributed by atoms with Crippen molar-refractivity contribution < 1.29 is 18.7 Å². The molecule has 2 saturated heterocycles. The fraction of sp³-hybridized carbons (Fsp3) is 0.387. The third-order valence-electron chi connectivity index (χ3n) is 8.57. The molecule has 7 rings (SSSR count). The van der Waals surface area contributed by atoms with Crippen molar-refractivity contribution in [3.63, 3.8) is 0 Å². The first-order valence-electron chi connectivity index (χ1n) is 14.3. The van der Waals surface area contributed by atoms with Crippen LogP contribution in [-0.2, 0) is 11.8 Å². The molecule has 2 aliphatic rings. The van der Waals surface area contributed by atoms with E-state index >= 15 is 0 Å². The lowest BCUT2D eigenvalue weighted by Gasteiger charge is -2.35. The van der Waals surface area contributed by atoms with E-state index in [0.717, 1.165) is 40.9 Å². The van der Waals surface area contributed by atoms with Gasteiger partial charge in [-0.1, -0.05) is 35.5 Å². The molecule has 2 fully saturated rings. The largest absolute Gasteiger partial charge is 0.480 e. The second-order valence-corrected chi connectivity index (χ2v) is 11.1. The molecule has 5 aromatic rings. The summed E-state index contributed by atoms with van der Waals surface area (Å²) in [6.07, 6.45) is 4.08. The average molecular weight is 570 g/mol. The number of carbonyl (C=O) groups is 1. The maximum atomic E-state index is 13.9. The minimum absolute atomic E-state index is 0.0732. The highest BCUT2D eigenvalue weighted by Gasteiger charge is 2.36. The fourth-order valence-corrected chi connectivity index (χ4v) is 6.56. The van der Waals surface area contributed by atoms with E-state index in [2.05, 4.69) is 38.1 Å². The Balaban J connectivity index is 1.59. The van der Waals surface area contributed by atoms with Crippen LogP contribution in [-0.4, -0.2) is 79.9 Å². The maximum Gasteiger partial charge on any atom is 0.257 e.